The molecule has 8 heteroatoms. The van der Waals surface area contributed by atoms with Crippen molar-refractivity contribution in [2.75, 3.05) is 50.1 Å². The van der Waals surface area contributed by atoms with Gasteiger partial charge in [-0.3, -0.25) is 4.90 Å². The SMILES string of the molecule is COc1cccc(NC(=O)NC2CCC(CCN3CCN(c4cccc(Cl)c4Cl)CC3)CC2)c1. The minimum atomic E-state index is -0.144. The van der Waals surface area contributed by atoms with Crippen molar-refractivity contribution >= 4 is 40.6 Å². The summed E-state index contributed by atoms with van der Waals surface area (Å²) in [5.74, 6) is 1.47. The van der Waals surface area contributed by atoms with Gasteiger partial charge in [0.15, 0.2) is 0 Å². The first kappa shape index (κ1) is 25.0. The third kappa shape index (κ3) is 6.71. The van der Waals surface area contributed by atoms with E-state index in [0.29, 0.717) is 10.0 Å². The van der Waals surface area contributed by atoms with E-state index in [1.54, 1.807) is 7.11 Å². The Bertz CT molecular complexity index is 958. The van der Waals surface area contributed by atoms with Crippen LogP contribution in [0.4, 0.5) is 16.2 Å². The summed E-state index contributed by atoms with van der Waals surface area (Å²) in [4.78, 5) is 17.3. The molecule has 6 nitrogen and oxygen atoms in total. The summed E-state index contributed by atoms with van der Waals surface area (Å²) in [5.41, 5.74) is 1.78. The number of ether oxygens (including phenoxy) is 1. The van der Waals surface area contributed by atoms with Crippen LogP contribution in [0.25, 0.3) is 0 Å². The Morgan fingerprint density at radius 1 is 1.03 bits per heavy atom. The monoisotopic (exact) mass is 504 g/mol. The summed E-state index contributed by atoms with van der Waals surface area (Å²) < 4.78 is 5.21. The number of hydrogen-bond donors (Lipinski definition) is 2. The van der Waals surface area contributed by atoms with Crippen molar-refractivity contribution < 1.29 is 9.53 Å². The van der Waals surface area contributed by atoms with Crippen molar-refractivity contribution in [3.8, 4) is 5.75 Å². The number of halogens is 2. The van der Waals surface area contributed by atoms with Crippen molar-refractivity contribution in [2.24, 2.45) is 5.92 Å². The average Bonchev–Trinajstić information content (AvgIpc) is 2.86. The molecule has 0 spiro atoms. The minimum absolute atomic E-state index is 0.144. The number of amides is 2. The Balaban J connectivity index is 1.13. The van der Waals surface area contributed by atoms with Crippen molar-refractivity contribution in [3.63, 3.8) is 0 Å². The molecule has 184 valence electrons. The fourth-order valence-electron chi connectivity index (χ4n) is 4.96. The zero-order chi connectivity index (χ0) is 23.9. The van der Waals surface area contributed by atoms with E-state index in [-0.39, 0.29) is 12.1 Å². The first-order chi connectivity index (χ1) is 16.5. The van der Waals surface area contributed by atoms with Crippen LogP contribution in [0.1, 0.15) is 32.1 Å². The lowest BCUT2D eigenvalue weighted by atomic mass is 9.84. The third-order valence-corrected chi connectivity index (χ3v) is 7.82. The van der Waals surface area contributed by atoms with Gasteiger partial charge in [0.2, 0.25) is 0 Å². The van der Waals surface area contributed by atoms with Crippen LogP contribution in [0, 0.1) is 5.92 Å². The molecule has 2 aromatic carbocycles. The fourth-order valence-corrected chi connectivity index (χ4v) is 5.38. The van der Waals surface area contributed by atoms with Crippen molar-refractivity contribution in [1.82, 2.24) is 10.2 Å². The molecule has 1 heterocycles. The van der Waals surface area contributed by atoms with Crippen LogP contribution >= 0.6 is 23.2 Å². The lowest BCUT2D eigenvalue weighted by Crippen LogP contribution is -2.47. The van der Waals surface area contributed by atoms with E-state index in [2.05, 4.69) is 20.4 Å². The second-order valence-electron chi connectivity index (χ2n) is 9.24. The van der Waals surface area contributed by atoms with Gasteiger partial charge >= 0.3 is 6.03 Å². The Morgan fingerprint density at radius 3 is 2.50 bits per heavy atom. The number of nitrogens with zero attached hydrogens (tertiary/aromatic N) is 2. The van der Waals surface area contributed by atoms with E-state index < -0.39 is 0 Å². The predicted octanol–water partition coefficient (Wildman–Crippen LogP) is 5.89. The number of carbonyl (C=O) groups excluding carboxylic acids is 1. The predicted molar refractivity (Wildman–Crippen MR) is 141 cm³/mol. The van der Waals surface area contributed by atoms with Crippen LogP contribution in [-0.2, 0) is 0 Å². The maximum Gasteiger partial charge on any atom is 0.319 e. The second-order valence-corrected chi connectivity index (χ2v) is 10.0. The number of piperazine rings is 1. The lowest BCUT2D eigenvalue weighted by molar-refractivity contribution is 0.208. The number of nitrogens with one attached hydrogen (secondary N) is 2. The summed E-state index contributed by atoms with van der Waals surface area (Å²) in [6, 6.07) is 13.4. The third-order valence-electron chi connectivity index (χ3n) is 7.01. The Morgan fingerprint density at radius 2 is 1.76 bits per heavy atom. The molecule has 2 aliphatic rings. The maximum atomic E-state index is 12.4. The summed E-state index contributed by atoms with van der Waals surface area (Å²) in [7, 11) is 1.62. The zero-order valence-electron chi connectivity index (χ0n) is 19.7. The molecule has 2 amide bonds. The largest absolute Gasteiger partial charge is 0.497 e. The molecule has 2 aromatic rings. The Kier molecular flexibility index (Phi) is 8.81. The van der Waals surface area contributed by atoms with Gasteiger partial charge in [-0.1, -0.05) is 35.3 Å². The van der Waals surface area contributed by atoms with Crippen LogP contribution in [0.5, 0.6) is 5.75 Å². The van der Waals surface area contributed by atoms with Gasteiger partial charge in [-0.2, -0.15) is 0 Å². The molecule has 1 aliphatic heterocycles. The highest BCUT2D eigenvalue weighted by Gasteiger charge is 2.24. The van der Waals surface area contributed by atoms with Crippen LogP contribution < -0.4 is 20.3 Å². The molecule has 2 fully saturated rings. The number of benzene rings is 2. The van der Waals surface area contributed by atoms with Gasteiger partial charge in [-0.25, -0.2) is 4.79 Å². The highest BCUT2D eigenvalue weighted by atomic mass is 35.5. The highest BCUT2D eigenvalue weighted by molar-refractivity contribution is 6.43. The number of carbonyl (C=O) groups is 1. The normalized spacial score (nSPS) is 21.2. The van der Waals surface area contributed by atoms with E-state index in [0.717, 1.165) is 68.6 Å². The average molecular weight is 505 g/mol. The molecule has 34 heavy (non-hydrogen) atoms. The number of methoxy groups -OCH3 is 1. The number of rotatable bonds is 7. The number of urea groups is 1. The summed E-state index contributed by atoms with van der Waals surface area (Å²) in [5, 5.41) is 7.31. The van der Waals surface area contributed by atoms with Crippen molar-refractivity contribution in [3.05, 3.63) is 52.5 Å². The molecule has 0 atom stereocenters. The molecule has 2 N–H and O–H groups in total. The zero-order valence-corrected chi connectivity index (χ0v) is 21.2. The quantitative estimate of drug-likeness (QED) is 0.493. The lowest BCUT2D eigenvalue weighted by Gasteiger charge is -2.37. The van der Waals surface area contributed by atoms with Crippen molar-refractivity contribution in [1.29, 1.82) is 0 Å². The smallest absolute Gasteiger partial charge is 0.319 e. The minimum Gasteiger partial charge on any atom is -0.497 e. The standard InChI is InChI=1S/C26H34Cl2N4O2/c1-34-22-5-2-4-21(18-22)30-26(33)29-20-10-8-19(9-11-20)12-13-31-14-16-32(17-15-31)24-7-3-6-23(27)25(24)28/h2-7,18-20H,8-17H2,1H3,(H2,29,30,33). The summed E-state index contributed by atoms with van der Waals surface area (Å²) in [6.07, 6.45) is 5.64. The van der Waals surface area contributed by atoms with Gasteiger partial charge in [0.25, 0.3) is 0 Å². The van der Waals surface area contributed by atoms with Crippen LogP contribution in [-0.4, -0.2) is 56.8 Å². The molecular weight excluding hydrogens is 471 g/mol. The molecule has 0 aromatic heterocycles. The van der Waals surface area contributed by atoms with E-state index >= 15 is 0 Å². The van der Waals surface area contributed by atoms with E-state index in [9.17, 15) is 4.79 Å². The number of anilines is 2. The van der Waals surface area contributed by atoms with Crippen molar-refractivity contribution in [2.45, 2.75) is 38.1 Å². The first-order valence-electron chi connectivity index (χ1n) is 12.1. The van der Waals surface area contributed by atoms with Gasteiger partial charge in [-0.05, 0) is 68.8 Å². The fraction of sp³-hybridized carbons (Fsp3) is 0.500. The topological polar surface area (TPSA) is 56.8 Å². The molecule has 1 aliphatic carbocycles. The number of hydrogen-bond acceptors (Lipinski definition) is 4. The van der Waals surface area contributed by atoms with E-state index in [1.807, 2.05) is 42.5 Å². The molecule has 4 rings (SSSR count). The molecule has 0 radical (unpaired) electrons. The van der Waals surface area contributed by atoms with Gasteiger partial charge in [0.05, 0.1) is 22.8 Å². The molecule has 1 saturated heterocycles. The van der Waals surface area contributed by atoms with Crippen LogP contribution in [0.15, 0.2) is 42.5 Å². The first-order valence-corrected chi connectivity index (χ1v) is 12.9. The van der Waals surface area contributed by atoms with E-state index in [4.69, 9.17) is 27.9 Å². The molecule has 0 unspecified atom stereocenters. The van der Waals surface area contributed by atoms with Gasteiger partial charge in [0.1, 0.15) is 5.75 Å². The van der Waals surface area contributed by atoms with Gasteiger partial charge in [0, 0.05) is 44.0 Å². The van der Waals surface area contributed by atoms with Gasteiger partial charge < -0.3 is 20.3 Å². The van der Waals surface area contributed by atoms with Crippen LogP contribution in [0.2, 0.25) is 10.0 Å². The maximum absolute atomic E-state index is 12.4. The Labute approximate surface area is 212 Å². The molecular formula is C26H34Cl2N4O2. The van der Waals surface area contributed by atoms with Crippen LogP contribution in [0.3, 0.4) is 0 Å². The summed E-state index contributed by atoms with van der Waals surface area (Å²) in [6.45, 7) is 5.17. The summed E-state index contributed by atoms with van der Waals surface area (Å²) >= 11 is 12.6. The molecule has 1 saturated carbocycles. The highest BCUT2D eigenvalue weighted by Crippen LogP contribution is 2.33. The second kappa shape index (κ2) is 12.0. The van der Waals surface area contributed by atoms with Gasteiger partial charge in [-0.15, -0.1) is 0 Å². The molecule has 0 bridgehead atoms. The van der Waals surface area contributed by atoms with E-state index in [1.165, 1.54) is 19.3 Å². The Hall–Kier alpha value is -2.15.